The van der Waals surface area contributed by atoms with Crippen molar-refractivity contribution >= 4 is 33.5 Å². The van der Waals surface area contributed by atoms with E-state index in [0.717, 1.165) is 16.9 Å². The van der Waals surface area contributed by atoms with E-state index in [1.807, 2.05) is 67.0 Å². The Morgan fingerprint density at radius 1 is 0.780 bits per heavy atom. The molecule has 0 radical (unpaired) electrons. The topological polar surface area (TPSA) is 48.0 Å². The van der Waals surface area contributed by atoms with Gasteiger partial charge in [0.25, 0.3) is 0 Å². The average molecular weight is 535 g/mol. The highest BCUT2D eigenvalue weighted by Crippen LogP contribution is 2.47. The molecule has 0 unspecified atom stereocenters. The third kappa shape index (κ3) is 3.64. The predicted octanol–water partition coefficient (Wildman–Crippen LogP) is 4.79. The van der Waals surface area contributed by atoms with Gasteiger partial charge in [-0.3, -0.25) is 0 Å². The highest BCUT2D eigenvalue weighted by atomic mass is 16.5. The molecular formula is C30H28B4N6O. The van der Waals surface area contributed by atoms with Crippen LogP contribution in [0.5, 0.6) is 11.6 Å². The summed E-state index contributed by atoms with van der Waals surface area (Å²) in [5.41, 5.74) is 2.21. The lowest BCUT2D eigenvalue weighted by molar-refractivity contribution is 0.399. The van der Waals surface area contributed by atoms with Crippen molar-refractivity contribution in [2.75, 3.05) is 0 Å². The number of para-hydroxylation sites is 1. The highest BCUT2D eigenvalue weighted by Gasteiger charge is 2.50. The molecule has 0 atom stereocenters. The van der Waals surface area contributed by atoms with Crippen LogP contribution in [0.3, 0.4) is 0 Å². The van der Waals surface area contributed by atoms with Crippen LogP contribution in [-0.4, -0.2) is 56.8 Å². The maximum Gasteiger partial charge on any atom is 0.380 e. The van der Waals surface area contributed by atoms with Gasteiger partial charge in [-0.25, -0.2) is 4.98 Å². The van der Waals surface area contributed by atoms with Crippen molar-refractivity contribution < 1.29 is 8.85 Å². The smallest absolute Gasteiger partial charge is 0.380 e. The second kappa shape index (κ2) is 8.99. The lowest BCUT2D eigenvalue weighted by atomic mass is 9.41. The Kier molecular flexibility index (Phi) is 4.66. The van der Waals surface area contributed by atoms with Gasteiger partial charge in [-0.1, -0.05) is 74.2 Å². The highest BCUT2D eigenvalue weighted by molar-refractivity contribution is 6.92. The average Bonchev–Trinajstić information content (AvgIpc) is 3.03. The second-order valence-electron chi connectivity index (χ2n) is 11.4. The number of aromatic nitrogens is 2. The molecule has 0 N–H and O–H groups in total. The molecule has 0 bridgehead atoms. The summed E-state index contributed by atoms with van der Waals surface area (Å²) in [5, 5.41) is 0. The van der Waals surface area contributed by atoms with Crippen LogP contribution in [0.25, 0.3) is 5.57 Å². The summed E-state index contributed by atoms with van der Waals surface area (Å²) in [5.74, 6) is 9.83. The number of hydrogen-bond donors (Lipinski definition) is 0. The summed E-state index contributed by atoms with van der Waals surface area (Å²) in [4.78, 5) is 9.68. The molecule has 0 aliphatic carbocycles. The fraction of sp³-hybridized carbons (Fsp3) is 0.133. The summed E-state index contributed by atoms with van der Waals surface area (Å²) in [7, 11) is 0. The van der Waals surface area contributed by atoms with Crippen molar-refractivity contribution in [1.29, 1.82) is 0 Å². The van der Waals surface area contributed by atoms with Gasteiger partial charge in [0.05, 0.1) is 0 Å². The fourth-order valence-electron chi connectivity index (χ4n) is 6.59. The number of hydrogen-bond acceptors (Lipinski definition) is 7. The summed E-state index contributed by atoms with van der Waals surface area (Å²) >= 11 is 0. The van der Waals surface area contributed by atoms with Gasteiger partial charge in [0.1, 0.15) is 5.75 Å². The van der Waals surface area contributed by atoms with Gasteiger partial charge in [-0.05, 0) is 61.5 Å². The van der Waals surface area contributed by atoms with Crippen molar-refractivity contribution in [3.05, 3.63) is 138 Å². The van der Waals surface area contributed by atoms with Crippen LogP contribution in [0.1, 0.15) is 41.8 Å². The minimum Gasteiger partial charge on any atom is -0.438 e. The van der Waals surface area contributed by atoms with Crippen LogP contribution in [0.2, 0.25) is 0 Å². The molecule has 0 saturated carbocycles. The second-order valence-corrected chi connectivity index (χ2v) is 11.4. The molecule has 7 heterocycles. The molecule has 1 aromatic carbocycles. The Labute approximate surface area is 247 Å². The quantitative estimate of drug-likeness (QED) is 0.488. The van der Waals surface area contributed by atoms with E-state index in [1.165, 1.54) is 0 Å². The van der Waals surface area contributed by atoms with Crippen molar-refractivity contribution in [3.63, 3.8) is 0 Å². The standard InChI is InChI=1S/C30H28B4N6O/c1-23-20-34-39-19-11-7-15-32(39)37-17-9-6-14-31(37)38-18-10-8-16-33(38)40(34)22-24(23)28-35-21-26-29(36-28)41-27-13-5-4-12-25(27)30(26,2)3/h4-22H,1-3H3/i1D3. The molecule has 41 heavy (non-hydrogen) atoms. The van der Waals surface area contributed by atoms with Crippen LogP contribution in [0, 0.1) is 0 Å². The van der Waals surface area contributed by atoms with Gasteiger partial charge >= 0.3 is 27.9 Å². The Hall–Kier alpha value is -4.52. The van der Waals surface area contributed by atoms with Gasteiger partial charge < -0.3 is 23.6 Å². The number of fused-ring (bicyclic) bond motifs is 10. The minimum atomic E-state index is -2.41. The van der Waals surface area contributed by atoms with Gasteiger partial charge in [0, 0.05) is 32.4 Å². The number of nitrogens with zero attached hydrogens (tertiary/aromatic N) is 6. The molecule has 1 aromatic heterocycles. The summed E-state index contributed by atoms with van der Waals surface area (Å²) < 4.78 is 41.1. The van der Waals surface area contributed by atoms with E-state index in [4.69, 9.17) is 18.8 Å². The van der Waals surface area contributed by atoms with Crippen LogP contribution in [-0.2, 0) is 5.41 Å². The van der Waals surface area contributed by atoms with E-state index in [2.05, 4.69) is 75.2 Å². The Balaban J connectivity index is 1.29. The third-order valence-electron chi connectivity index (χ3n) is 8.72. The lowest BCUT2D eigenvalue weighted by Crippen LogP contribution is -2.73. The molecule has 6 aliphatic heterocycles. The maximum absolute atomic E-state index is 8.62. The summed E-state index contributed by atoms with van der Waals surface area (Å²) in [6.07, 6.45) is 22.2. The lowest BCUT2D eigenvalue weighted by Gasteiger charge is -2.53. The SMILES string of the molecule is [2H]C([2H])([2H])C1=CB2N3C=CC=CB3N3C=CC=CB3N3C=CC=CB3N2C=C1c1ncc2c(n1)Oc1ccccc1C2(C)C. The molecular weight excluding hydrogens is 504 g/mol. The van der Waals surface area contributed by atoms with E-state index in [1.54, 1.807) is 6.20 Å². The van der Waals surface area contributed by atoms with Crippen molar-refractivity contribution in [2.24, 2.45) is 0 Å². The van der Waals surface area contributed by atoms with Gasteiger partial charge in [0.15, 0.2) is 5.82 Å². The van der Waals surface area contributed by atoms with E-state index < -0.39 is 13.8 Å². The maximum atomic E-state index is 8.62. The molecule has 6 aliphatic rings. The normalized spacial score (nSPS) is 22.1. The van der Waals surface area contributed by atoms with Crippen LogP contribution in [0.4, 0.5) is 0 Å². The van der Waals surface area contributed by atoms with E-state index >= 15 is 0 Å². The molecule has 2 aromatic rings. The fourth-order valence-corrected chi connectivity index (χ4v) is 6.59. The number of ether oxygens (including phenoxy) is 1. The van der Waals surface area contributed by atoms with E-state index in [9.17, 15) is 0 Å². The number of benzene rings is 1. The predicted molar refractivity (Wildman–Crippen MR) is 168 cm³/mol. The minimum absolute atomic E-state index is 0.0589. The van der Waals surface area contributed by atoms with Gasteiger partial charge in [-0.2, -0.15) is 4.98 Å². The van der Waals surface area contributed by atoms with Crippen molar-refractivity contribution in [3.8, 4) is 11.6 Å². The first-order chi connectivity index (χ1) is 21.2. The largest absolute Gasteiger partial charge is 0.438 e. The Bertz CT molecular complexity index is 1800. The van der Waals surface area contributed by atoms with Crippen molar-refractivity contribution in [1.82, 2.24) is 28.9 Å². The third-order valence-corrected chi connectivity index (χ3v) is 8.72. The molecule has 0 amide bonds. The Morgan fingerprint density at radius 3 is 2.10 bits per heavy atom. The molecule has 11 heteroatoms. The van der Waals surface area contributed by atoms with E-state index in [0.29, 0.717) is 17.3 Å². The van der Waals surface area contributed by atoms with E-state index in [-0.39, 0.29) is 31.9 Å². The molecule has 196 valence electrons. The molecule has 1 saturated heterocycles. The van der Waals surface area contributed by atoms with Crippen LogP contribution < -0.4 is 4.74 Å². The zero-order chi connectivity index (χ0) is 30.2. The molecule has 1 fully saturated rings. The Morgan fingerprint density at radius 2 is 1.41 bits per heavy atom. The van der Waals surface area contributed by atoms with Crippen molar-refractivity contribution in [2.45, 2.75) is 26.1 Å². The zero-order valence-corrected chi connectivity index (χ0v) is 22.9. The van der Waals surface area contributed by atoms with Crippen LogP contribution in [0.15, 0.2) is 121 Å². The first kappa shape index (κ1) is 21.3. The zero-order valence-electron chi connectivity index (χ0n) is 25.9. The first-order valence-corrected chi connectivity index (χ1v) is 14.0. The van der Waals surface area contributed by atoms with Crippen LogP contribution >= 0.6 is 0 Å². The number of rotatable bonds is 1. The summed E-state index contributed by atoms with van der Waals surface area (Å²) in [6, 6.07) is 7.93. The first-order valence-electron chi connectivity index (χ1n) is 15.5. The molecule has 8 rings (SSSR count). The molecule has 0 spiro atoms. The summed E-state index contributed by atoms with van der Waals surface area (Å²) in [6.45, 7) is 1.04. The monoisotopic (exact) mass is 535 g/mol. The van der Waals surface area contributed by atoms with Gasteiger partial charge in [0.2, 0.25) is 5.88 Å². The van der Waals surface area contributed by atoms with Gasteiger partial charge in [-0.15, -0.1) is 0 Å². The molecule has 7 nitrogen and oxygen atoms in total. The number of allylic oxidation sites excluding steroid dienone is 8.